The summed E-state index contributed by atoms with van der Waals surface area (Å²) < 4.78 is 11.9. The van der Waals surface area contributed by atoms with Gasteiger partial charge in [-0.2, -0.15) is 0 Å². The number of hydrogen-bond acceptors (Lipinski definition) is 5. The number of esters is 1. The molecule has 0 spiro atoms. The first-order valence-corrected chi connectivity index (χ1v) is 7.56. The van der Waals surface area contributed by atoms with E-state index in [2.05, 4.69) is 16.7 Å². The zero-order chi connectivity index (χ0) is 16.8. The van der Waals surface area contributed by atoms with Crippen molar-refractivity contribution in [3.63, 3.8) is 0 Å². The minimum atomic E-state index is -0.499. The first-order chi connectivity index (χ1) is 11.0. The van der Waals surface area contributed by atoms with Crippen LogP contribution in [0, 0.1) is 0 Å². The van der Waals surface area contributed by atoms with Crippen LogP contribution in [0.5, 0.6) is 5.88 Å². The smallest absolute Gasteiger partial charge is 0.341 e. The van der Waals surface area contributed by atoms with Crippen LogP contribution in [0.3, 0.4) is 0 Å². The van der Waals surface area contributed by atoms with Crippen molar-refractivity contribution in [1.29, 1.82) is 0 Å². The van der Waals surface area contributed by atoms with Gasteiger partial charge in [0.1, 0.15) is 5.15 Å². The van der Waals surface area contributed by atoms with Gasteiger partial charge in [0.2, 0.25) is 5.88 Å². The molecule has 2 aromatic heterocycles. The van der Waals surface area contributed by atoms with E-state index in [4.69, 9.17) is 21.1 Å². The van der Waals surface area contributed by atoms with Gasteiger partial charge < -0.3 is 9.47 Å². The number of aromatic nitrogens is 3. The number of rotatable bonds is 7. The highest BCUT2D eigenvalue weighted by molar-refractivity contribution is 6.32. The van der Waals surface area contributed by atoms with Crippen molar-refractivity contribution in [3.8, 4) is 11.7 Å². The van der Waals surface area contributed by atoms with E-state index in [1.54, 1.807) is 31.3 Å². The Bertz CT molecular complexity index is 712. The third-order valence-corrected chi connectivity index (χ3v) is 3.20. The molecule has 0 aliphatic rings. The molecule has 0 aliphatic heterocycles. The first kappa shape index (κ1) is 17.0. The summed E-state index contributed by atoms with van der Waals surface area (Å²) in [5.74, 6) is 0.470. The summed E-state index contributed by atoms with van der Waals surface area (Å²) >= 11 is 6.04. The lowest BCUT2D eigenvalue weighted by Gasteiger charge is -2.06. The van der Waals surface area contributed by atoms with E-state index in [9.17, 15) is 4.79 Å². The summed E-state index contributed by atoms with van der Waals surface area (Å²) in [5.41, 5.74) is 1.27. The standard InChI is InChI=1S/C16H18ClN3O3/c1-4-22-16(21)12-5-6-13(18-15(12)17)20-9-7-14(19-20)23-10-8-11(2)3/h5-7,9H,2,4,8,10H2,1,3H3. The molecule has 0 bridgehead atoms. The van der Waals surface area contributed by atoms with Crippen molar-refractivity contribution >= 4 is 17.6 Å². The van der Waals surface area contributed by atoms with Crippen molar-refractivity contribution < 1.29 is 14.3 Å². The lowest BCUT2D eigenvalue weighted by molar-refractivity contribution is 0.0526. The van der Waals surface area contributed by atoms with Crippen molar-refractivity contribution in [1.82, 2.24) is 14.8 Å². The van der Waals surface area contributed by atoms with Gasteiger partial charge in [0.25, 0.3) is 0 Å². The normalized spacial score (nSPS) is 10.4. The first-order valence-electron chi connectivity index (χ1n) is 7.18. The van der Waals surface area contributed by atoms with Crippen LogP contribution in [0.15, 0.2) is 36.5 Å². The van der Waals surface area contributed by atoms with Crippen molar-refractivity contribution in [3.05, 3.63) is 47.3 Å². The molecular formula is C16H18ClN3O3. The Morgan fingerprint density at radius 2 is 2.17 bits per heavy atom. The molecule has 122 valence electrons. The van der Waals surface area contributed by atoms with E-state index in [0.29, 0.717) is 18.3 Å². The van der Waals surface area contributed by atoms with Gasteiger partial charge in [0, 0.05) is 18.7 Å². The number of halogens is 1. The molecule has 0 saturated heterocycles. The molecule has 0 saturated carbocycles. The van der Waals surface area contributed by atoms with Gasteiger partial charge in [-0.3, -0.25) is 0 Å². The maximum absolute atomic E-state index is 11.7. The zero-order valence-electron chi connectivity index (χ0n) is 13.1. The molecule has 23 heavy (non-hydrogen) atoms. The monoisotopic (exact) mass is 335 g/mol. The van der Waals surface area contributed by atoms with Crippen molar-refractivity contribution in [2.75, 3.05) is 13.2 Å². The topological polar surface area (TPSA) is 66.2 Å². The van der Waals surface area contributed by atoms with Crippen LogP contribution < -0.4 is 4.74 Å². The summed E-state index contributed by atoms with van der Waals surface area (Å²) in [4.78, 5) is 15.9. The zero-order valence-corrected chi connectivity index (χ0v) is 13.8. The fraction of sp³-hybridized carbons (Fsp3) is 0.312. The lowest BCUT2D eigenvalue weighted by atomic mass is 10.3. The minimum Gasteiger partial charge on any atom is -0.476 e. The number of hydrogen-bond donors (Lipinski definition) is 0. The molecule has 0 N–H and O–H groups in total. The van der Waals surface area contributed by atoms with E-state index in [1.807, 2.05) is 6.92 Å². The molecule has 2 heterocycles. The molecule has 2 aromatic rings. The second-order valence-corrected chi connectivity index (χ2v) is 5.24. The highest BCUT2D eigenvalue weighted by Gasteiger charge is 2.14. The fourth-order valence-corrected chi connectivity index (χ4v) is 1.98. The average molecular weight is 336 g/mol. The van der Waals surface area contributed by atoms with Crippen molar-refractivity contribution in [2.45, 2.75) is 20.3 Å². The average Bonchev–Trinajstić information content (AvgIpc) is 2.95. The maximum Gasteiger partial charge on any atom is 0.341 e. The van der Waals surface area contributed by atoms with Gasteiger partial charge in [-0.25, -0.2) is 14.5 Å². The van der Waals surface area contributed by atoms with Crippen LogP contribution >= 0.6 is 11.6 Å². The Morgan fingerprint density at radius 1 is 1.39 bits per heavy atom. The van der Waals surface area contributed by atoms with Gasteiger partial charge in [-0.1, -0.05) is 17.2 Å². The van der Waals surface area contributed by atoms with Gasteiger partial charge in [-0.15, -0.1) is 11.7 Å². The van der Waals surface area contributed by atoms with Crippen LogP contribution in [0.1, 0.15) is 30.6 Å². The fourth-order valence-electron chi connectivity index (χ4n) is 1.76. The number of carbonyl (C=O) groups is 1. The van der Waals surface area contributed by atoms with Crippen LogP contribution in [-0.4, -0.2) is 33.9 Å². The summed E-state index contributed by atoms with van der Waals surface area (Å²) in [5, 5.41) is 4.33. The molecule has 7 heteroatoms. The molecule has 0 fully saturated rings. The molecule has 0 atom stereocenters. The molecule has 2 rings (SSSR count). The molecule has 0 amide bonds. The predicted octanol–water partition coefficient (Wildman–Crippen LogP) is 3.44. The Hall–Kier alpha value is -2.34. The second kappa shape index (κ2) is 7.78. The van der Waals surface area contributed by atoms with E-state index in [-0.39, 0.29) is 17.3 Å². The van der Waals surface area contributed by atoms with E-state index < -0.39 is 5.97 Å². The van der Waals surface area contributed by atoms with E-state index >= 15 is 0 Å². The third kappa shape index (κ3) is 4.56. The van der Waals surface area contributed by atoms with Crippen LogP contribution in [0.25, 0.3) is 5.82 Å². The lowest BCUT2D eigenvalue weighted by Crippen LogP contribution is -2.08. The summed E-state index contributed by atoms with van der Waals surface area (Å²) in [6.07, 6.45) is 2.48. The Morgan fingerprint density at radius 3 is 2.83 bits per heavy atom. The van der Waals surface area contributed by atoms with Gasteiger partial charge >= 0.3 is 5.97 Å². The van der Waals surface area contributed by atoms with Crippen LogP contribution in [-0.2, 0) is 4.74 Å². The SMILES string of the molecule is C=C(C)CCOc1ccn(-c2ccc(C(=O)OCC)c(Cl)n2)n1. The van der Waals surface area contributed by atoms with Crippen molar-refractivity contribution in [2.24, 2.45) is 0 Å². The number of nitrogens with zero attached hydrogens (tertiary/aromatic N) is 3. The summed E-state index contributed by atoms with van der Waals surface area (Å²) in [7, 11) is 0. The molecular weight excluding hydrogens is 318 g/mol. The van der Waals surface area contributed by atoms with E-state index in [1.165, 1.54) is 4.68 Å². The maximum atomic E-state index is 11.7. The van der Waals surface area contributed by atoms with Gasteiger partial charge in [-0.05, 0) is 26.0 Å². The second-order valence-electron chi connectivity index (χ2n) is 4.88. The number of pyridine rings is 1. The van der Waals surface area contributed by atoms with Crippen LogP contribution in [0.4, 0.5) is 0 Å². The minimum absolute atomic E-state index is 0.0706. The molecule has 0 unspecified atom stereocenters. The molecule has 0 radical (unpaired) electrons. The number of carbonyl (C=O) groups excluding carboxylic acids is 1. The predicted molar refractivity (Wildman–Crippen MR) is 87.3 cm³/mol. The highest BCUT2D eigenvalue weighted by Crippen LogP contribution is 2.18. The van der Waals surface area contributed by atoms with E-state index in [0.717, 1.165) is 12.0 Å². The largest absolute Gasteiger partial charge is 0.476 e. The van der Waals surface area contributed by atoms with Gasteiger partial charge in [0.05, 0.1) is 18.8 Å². The number of ether oxygens (including phenoxy) is 2. The Kier molecular flexibility index (Phi) is 5.76. The quantitative estimate of drug-likeness (QED) is 0.440. The highest BCUT2D eigenvalue weighted by atomic mass is 35.5. The third-order valence-electron chi connectivity index (χ3n) is 2.91. The van der Waals surface area contributed by atoms with Gasteiger partial charge in [0.15, 0.2) is 5.82 Å². The molecule has 6 nitrogen and oxygen atoms in total. The molecule has 0 aromatic carbocycles. The summed E-state index contributed by atoms with van der Waals surface area (Å²) in [6.45, 7) is 8.28. The summed E-state index contributed by atoms with van der Waals surface area (Å²) in [6, 6.07) is 4.93. The Balaban J connectivity index is 2.10. The van der Waals surface area contributed by atoms with Crippen LogP contribution in [0.2, 0.25) is 5.15 Å². The Labute approximate surface area is 139 Å². The molecule has 0 aliphatic carbocycles.